The van der Waals surface area contributed by atoms with Crippen LogP contribution in [0, 0.1) is 0 Å². The molecular formula is C25H26N2O2. The Balaban J connectivity index is 1.25. The first-order valence-electron chi connectivity index (χ1n) is 10.2. The number of hydrogen-bond donors (Lipinski definition) is 1. The Morgan fingerprint density at radius 2 is 1.41 bits per heavy atom. The maximum atomic E-state index is 12.3. The molecule has 1 aliphatic heterocycles. The van der Waals surface area contributed by atoms with Crippen LogP contribution in [-0.4, -0.2) is 30.4 Å². The van der Waals surface area contributed by atoms with E-state index in [1.165, 1.54) is 5.56 Å². The van der Waals surface area contributed by atoms with Crippen molar-refractivity contribution in [1.82, 2.24) is 4.90 Å². The van der Waals surface area contributed by atoms with Gasteiger partial charge in [0.15, 0.2) is 0 Å². The van der Waals surface area contributed by atoms with Crippen molar-refractivity contribution >= 4 is 11.6 Å². The van der Waals surface area contributed by atoms with Gasteiger partial charge in [0.05, 0.1) is 6.54 Å². The summed E-state index contributed by atoms with van der Waals surface area (Å²) in [4.78, 5) is 14.5. The van der Waals surface area contributed by atoms with E-state index in [4.69, 9.17) is 4.74 Å². The molecule has 4 nitrogen and oxygen atoms in total. The average molecular weight is 386 g/mol. The predicted molar refractivity (Wildman–Crippen MR) is 116 cm³/mol. The van der Waals surface area contributed by atoms with E-state index in [2.05, 4.69) is 22.3 Å². The molecule has 1 heterocycles. The van der Waals surface area contributed by atoms with Crippen LogP contribution in [0.25, 0.3) is 0 Å². The number of piperidine rings is 1. The highest BCUT2D eigenvalue weighted by Crippen LogP contribution is 2.30. The molecule has 1 fully saturated rings. The number of carbonyl (C=O) groups excluding carboxylic acids is 1. The minimum Gasteiger partial charge on any atom is -0.457 e. The van der Waals surface area contributed by atoms with Gasteiger partial charge in [-0.05, 0) is 73.8 Å². The van der Waals surface area contributed by atoms with Crippen molar-refractivity contribution in [3.63, 3.8) is 0 Å². The predicted octanol–water partition coefficient (Wildman–Crippen LogP) is 5.30. The van der Waals surface area contributed by atoms with Crippen LogP contribution in [0.2, 0.25) is 0 Å². The molecule has 3 aromatic carbocycles. The summed E-state index contributed by atoms with van der Waals surface area (Å²) >= 11 is 0. The molecular weight excluding hydrogens is 360 g/mol. The summed E-state index contributed by atoms with van der Waals surface area (Å²) in [5, 5.41) is 2.96. The SMILES string of the molecule is O=C(CN1CCC(c2ccc(Oc3ccccc3)cc2)CC1)Nc1ccccc1. The lowest BCUT2D eigenvalue weighted by atomic mass is 9.89. The Kier molecular flexibility index (Phi) is 6.22. The number of rotatable bonds is 6. The van der Waals surface area contributed by atoms with Gasteiger partial charge in [0.1, 0.15) is 11.5 Å². The number of amides is 1. The smallest absolute Gasteiger partial charge is 0.238 e. The Labute approximate surface area is 172 Å². The fraction of sp³-hybridized carbons (Fsp3) is 0.240. The van der Waals surface area contributed by atoms with E-state index in [1.54, 1.807) is 0 Å². The first-order valence-corrected chi connectivity index (χ1v) is 10.2. The normalized spacial score (nSPS) is 15.0. The fourth-order valence-corrected chi connectivity index (χ4v) is 3.78. The van der Waals surface area contributed by atoms with Gasteiger partial charge in [-0.1, -0.05) is 48.5 Å². The molecule has 29 heavy (non-hydrogen) atoms. The standard InChI is InChI=1S/C25H26N2O2/c28-25(26-22-7-3-1-4-8-22)19-27-17-15-21(16-18-27)20-11-13-24(14-12-20)29-23-9-5-2-6-10-23/h1-14,21H,15-19H2,(H,26,28). The zero-order chi connectivity index (χ0) is 19.9. The van der Waals surface area contributed by atoms with Gasteiger partial charge in [-0.25, -0.2) is 0 Å². The molecule has 148 valence electrons. The van der Waals surface area contributed by atoms with Crippen molar-refractivity contribution < 1.29 is 9.53 Å². The zero-order valence-electron chi connectivity index (χ0n) is 16.5. The van der Waals surface area contributed by atoms with Crippen molar-refractivity contribution in [2.45, 2.75) is 18.8 Å². The van der Waals surface area contributed by atoms with Gasteiger partial charge in [0.25, 0.3) is 0 Å². The molecule has 0 atom stereocenters. The molecule has 0 aromatic heterocycles. The molecule has 1 aliphatic rings. The van der Waals surface area contributed by atoms with Gasteiger partial charge in [-0.2, -0.15) is 0 Å². The molecule has 1 N–H and O–H groups in total. The molecule has 0 unspecified atom stereocenters. The maximum Gasteiger partial charge on any atom is 0.238 e. The first kappa shape index (κ1) is 19.2. The van der Waals surface area contributed by atoms with Crippen LogP contribution in [-0.2, 0) is 4.79 Å². The summed E-state index contributed by atoms with van der Waals surface area (Å²) in [5.74, 6) is 2.29. The molecule has 3 aromatic rings. The molecule has 1 amide bonds. The second kappa shape index (κ2) is 9.39. The minimum atomic E-state index is 0.0528. The van der Waals surface area contributed by atoms with E-state index in [0.29, 0.717) is 12.5 Å². The summed E-state index contributed by atoms with van der Waals surface area (Å²) in [5.41, 5.74) is 2.20. The van der Waals surface area contributed by atoms with Crippen LogP contribution in [0.3, 0.4) is 0 Å². The quantitative estimate of drug-likeness (QED) is 0.625. The maximum absolute atomic E-state index is 12.3. The third-order valence-corrected chi connectivity index (χ3v) is 5.34. The number of likely N-dealkylation sites (tertiary alicyclic amines) is 1. The highest BCUT2D eigenvalue weighted by molar-refractivity contribution is 5.92. The number of ether oxygens (including phenoxy) is 1. The van der Waals surface area contributed by atoms with Gasteiger partial charge >= 0.3 is 0 Å². The van der Waals surface area contributed by atoms with E-state index in [9.17, 15) is 4.79 Å². The first-order chi connectivity index (χ1) is 14.3. The van der Waals surface area contributed by atoms with Gasteiger partial charge in [-0.3, -0.25) is 9.69 Å². The van der Waals surface area contributed by atoms with Crippen LogP contribution in [0.5, 0.6) is 11.5 Å². The monoisotopic (exact) mass is 386 g/mol. The van der Waals surface area contributed by atoms with Gasteiger partial charge in [0.2, 0.25) is 5.91 Å². The summed E-state index contributed by atoms with van der Waals surface area (Å²) in [6, 6.07) is 27.9. The Hall–Kier alpha value is -3.11. The van der Waals surface area contributed by atoms with Crippen LogP contribution in [0.1, 0.15) is 24.3 Å². The van der Waals surface area contributed by atoms with Crippen molar-refractivity contribution in [3.8, 4) is 11.5 Å². The number of carbonyl (C=O) groups is 1. The highest BCUT2D eigenvalue weighted by Gasteiger charge is 2.22. The van der Waals surface area contributed by atoms with E-state index in [0.717, 1.165) is 43.1 Å². The molecule has 4 rings (SSSR count). The van der Waals surface area contributed by atoms with Crippen molar-refractivity contribution in [2.75, 3.05) is 25.0 Å². The number of benzene rings is 3. The summed E-state index contributed by atoms with van der Waals surface area (Å²) in [6.07, 6.45) is 2.13. The van der Waals surface area contributed by atoms with Crippen LogP contribution in [0.4, 0.5) is 5.69 Å². The number of nitrogens with zero attached hydrogens (tertiary/aromatic N) is 1. The lowest BCUT2D eigenvalue weighted by Crippen LogP contribution is -2.38. The van der Waals surface area contributed by atoms with E-state index >= 15 is 0 Å². The molecule has 0 spiro atoms. The molecule has 4 heteroatoms. The van der Waals surface area contributed by atoms with Crippen LogP contribution >= 0.6 is 0 Å². The zero-order valence-corrected chi connectivity index (χ0v) is 16.5. The van der Waals surface area contributed by atoms with Crippen molar-refractivity contribution in [1.29, 1.82) is 0 Å². The number of para-hydroxylation sites is 2. The lowest BCUT2D eigenvalue weighted by molar-refractivity contribution is -0.117. The average Bonchev–Trinajstić information content (AvgIpc) is 2.76. The fourth-order valence-electron chi connectivity index (χ4n) is 3.78. The largest absolute Gasteiger partial charge is 0.457 e. The van der Waals surface area contributed by atoms with Crippen molar-refractivity contribution in [3.05, 3.63) is 90.5 Å². The number of hydrogen-bond acceptors (Lipinski definition) is 3. The third kappa shape index (κ3) is 5.46. The van der Waals surface area contributed by atoms with Gasteiger partial charge < -0.3 is 10.1 Å². The number of anilines is 1. The van der Waals surface area contributed by atoms with Crippen LogP contribution < -0.4 is 10.1 Å². The summed E-state index contributed by atoms with van der Waals surface area (Å²) < 4.78 is 5.88. The molecule has 0 aliphatic carbocycles. The van der Waals surface area contributed by atoms with E-state index in [1.807, 2.05) is 72.8 Å². The Morgan fingerprint density at radius 1 is 0.828 bits per heavy atom. The molecule has 0 saturated carbocycles. The topological polar surface area (TPSA) is 41.6 Å². The second-order valence-corrected chi connectivity index (χ2v) is 7.45. The van der Waals surface area contributed by atoms with Gasteiger partial charge in [0, 0.05) is 5.69 Å². The van der Waals surface area contributed by atoms with E-state index in [-0.39, 0.29) is 5.91 Å². The third-order valence-electron chi connectivity index (χ3n) is 5.34. The number of nitrogens with one attached hydrogen (secondary N) is 1. The van der Waals surface area contributed by atoms with E-state index < -0.39 is 0 Å². The second-order valence-electron chi connectivity index (χ2n) is 7.45. The Morgan fingerprint density at radius 3 is 2.07 bits per heavy atom. The van der Waals surface area contributed by atoms with Crippen LogP contribution in [0.15, 0.2) is 84.9 Å². The molecule has 1 saturated heterocycles. The highest BCUT2D eigenvalue weighted by atomic mass is 16.5. The lowest BCUT2D eigenvalue weighted by Gasteiger charge is -2.31. The Bertz CT molecular complexity index is 903. The summed E-state index contributed by atoms with van der Waals surface area (Å²) in [7, 11) is 0. The molecule has 0 radical (unpaired) electrons. The molecule has 0 bridgehead atoms. The van der Waals surface area contributed by atoms with Crippen molar-refractivity contribution in [2.24, 2.45) is 0 Å². The summed E-state index contributed by atoms with van der Waals surface area (Å²) in [6.45, 7) is 2.33. The minimum absolute atomic E-state index is 0.0528. The van der Waals surface area contributed by atoms with Gasteiger partial charge in [-0.15, -0.1) is 0 Å².